The minimum Gasteiger partial charge on any atom is -0.293 e. The number of aromatic nitrogens is 1. The number of pyridine rings is 1. The van der Waals surface area contributed by atoms with E-state index in [0.29, 0.717) is 17.8 Å². The maximum absolute atomic E-state index is 11.9. The molecule has 0 saturated heterocycles. The molecule has 3 heteroatoms. The Balaban J connectivity index is 2.37. The van der Waals surface area contributed by atoms with Crippen LogP contribution in [0, 0.1) is 0 Å². The third-order valence-electron chi connectivity index (χ3n) is 3.15. The fraction of sp³-hybridized carbons (Fsp3) is 0.562. The molecule has 0 spiro atoms. The van der Waals surface area contributed by atoms with Gasteiger partial charge in [-0.3, -0.25) is 9.59 Å². The number of hydrogen-bond donors (Lipinski definition) is 0. The van der Waals surface area contributed by atoms with Crippen molar-refractivity contribution in [3.05, 3.63) is 29.6 Å². The molecule has 0 saturated carbocycles. The number of hydrogen-bond acceptors (Lipinski definition) is 3. The summed E-state index contributed by atoms with van der Waals surface area (Å²) in [5.74, 6) is -0.0622. The van der Waals surface area contributed by atoms with Gasteiger partial charge in [0, 0.05) is 13.3 Å². The summed E-state index contributed by atoms with van der Waals surface area (Å²) in [6.07, 6.45) is 7.49. The van der Waals surface area contributed by atoms with Crippen LogP contribution in [-0.2, 0) is 0 Å². The number of carbonyl (C=O) groups is 2. The summed E-state index contributed by atoms with van der Waals surface area (Å²) in [7, 11) is 0. The topological polar surface area (TPSA) is 47.0 Å². The molecule has 0 bridgehead atoms. The van der Waals surface area contributed by atoms with Crippen molar-refractivity contribution < 1.29 is 9.59 Å². The highest BCUT2D eigenvalue weighted by Gasteiger charge is 2.09. The second-order valence-corrected chi connectivity index (χ2v) is 4.91. The molecule has 1 rings (SSSR count). The lowest BCUT2D eigenvalue weighted by molar-refractivity contribution is 0.0974. The molecule has 0 aromatic carbocycles. The Bertz CT molecular complexity index is 427. The molecule has 0 aliphatic heterocycles. The van der Waals surface area contributed by atoms with E-state index < -0.39 is 0 Å². The zero-order valence-electron chi connectivity index (χ0n) is 11.9. The molecule has 19 heavy (non-hydrogen) atoms. The van der Waals surface area contributed by atoms with Gasteiger partial charge in [-0.2, -0.15) is 0 Å². The molecule has 1 heterocycles. The molecule has 104 valence electrons. The van der Waals surface area contributed by atoms with Crippen molar-refractivity contribution in [3.8, 4) is 0 Å². The van der Waals surface area contributed by atoms with Gasteiger partial charge in [-0.05, 0) is 18.6 Å². The first kappa shape index (κ1) is 15.5. The monoisotopic (exact) mass is 261 g/mol. The Kier molecular flexibility index (Phi) is 7.01. The Labute approximate surface area is 115 Å². The van der Waals surface area contributed by atoms with Crippen LogP contribution in [0.2, 0.25) is 0 Å². The van der Waals surface area contributed by atoms with Gasteiger partial charge in [-0.25, -0.2) is 4.98 Å². The first-order valence-electron chi connectivity index (χ1n) is 7.16. The van der Waals surface area contributed by atoms with Crippen LogP contribution in [0.5, 0.6) is 0 Å². The van der Waals surface area contributed by atoms with Crippen molar-refractivity contribution in [2.75, 3.05) is 0 Å². The van der Waals surface area contributed by atoms with E-state index in [2.05, 4.69) is 11.9 Å². The van der Waals surface area contributed by atoms with Crippen molar-refractivity contribution in [3.63, 3.8) is 0 Å². The Morgan fingerprint density at radius 1 is 1.00 bits per heavy atom. The van der Waals surface area contributed by atoms with Crippen LogP contribution in [0.4, 0.5) is 0 Å². The van der Waals surface area contributed by atoms with Crippen LogP contribution < -0.4 is 0 Å². The lowest BCUT2D eigenvalue weighted by atomic mass is 10.1. The van der Waals surface area contributed by atoms with Gasteiger partial charge in [0.25, 0.3) is 0 Å². The maximum Gasteiger partial charge on any atom is 0.181 e. The zero-order valence-corrected chi connectivity index (χ0v) is 11.9. The molecular formula is C16H23NO2. The number of carbonyl (C=O) groups excluding carboxylic acids is 2. The predicted molar refractivity (Wildman–Crippen MR) is 76.6 cm³/mol. The average Bonchev–Trinajstić information content (AvgIpc) is 2.42. The normalized spacial score (nSPS) is 10.4. The molecular weight excluding hydrogens is 238 g/mol. The largest absolute Gasteiger partial charge is 0.293 e. The number of Topliss-reactive ketones (excluding diaryl/α,β-unsaturated/α-hetero) is 2. The van der Waals surface area contributed by atoms with Gasteiger partial charge >= 0.3 is 0 Å². The SMILES string of the molecule is CCCCCCCCC(=O)c1cccc(C(C)=O)n1. The van der Waals surface area contributed by atoms with E-state index in [9.17, 15) is 9.59 Å². The Hall–Kier alpha value is -1.51. The van der Waals surface area contributed by atoms with E-state index in [0.717, 1.165) is 12.8 Å². The lowest BCUT2D eigenvalue weighted by Crippen LogP contribution is -2.06. The van der Waals surface area contributed by atoms with Crippen LogP contribution in [0.25, 0.3) is 0 Å². The number of nitrogens with zero attached hydrogens (tertiary/aromatic N) is 1. The van der Waals surface area contributed by atoms with Crippen molar-refractivity contribution in [1.82, 2.24) is 4.98 Å². The zero-order chi connectivity index (χ0) is 14.1. The van der Waals surface area contributed by atoms with Crippen LogP contribution >= 0.6 is 0 Å². The number of ketones is 2. The average molecular weight is 261 g/mol. The minimum atomic E-state index is -0.103. The van der Waals surface area contributed by atoms with E-state index in [-0.39, 0.29) is 11.6 Å². The van der Waals surface area contributed by atoms with Crippen LogP contribution in [0.3, 0.4) is 0 Å². The maximum atomic E-state index is 11.9. The van der Waals surface area contributed by atoms with Gasteiger partial charge in [-0.1, -0.05) is 45.1 Å². The van der Waals surface area contributed by atoms with Crippen molar-refractivity contribution in [1.29, 1.82) is 0 Å². The highest BCUT2D eigenvalue weighted by atomic mass is 16.1. The second kappa shape index (κ2) is 8.57. The smallest absolute Gasteiger partial charge is 0.181 e. The standard InChI is InChI=1S/C16H23NO2/c1-3-4-5-6-7-8-12-16(19)15-11-9-10-14(17-15)13(2)18/h9-11H,3-8,12H2,1-2H3. The summed E-state index contributed by atoms with van der Waals surface area (Å²) in [5, 5.41) is 0. The summed E-state index contributed by atoms with van der Waals surface area (Å²) in [4.78, 5) is 27.2. The summed E-state index contributed by atoms with van der Waals surface area (Å²) in [5.41, 5.74) is 0.787. The van der Waals surface area contributed by atoms with Gasteiger partial charge < -0.3 is 0 Å². The van der Waals surface area contributed by atoms with E-state index >= 15 is 0 Å². The van der Waals surface area contributed by atoms with Gasteiger partial charge in [0.15, 0.2) is 11.6 Å². The molecule has 0 aliphatic carbocycles. The summed E-state index contributed by atoms with van der Waals surface area (Å²) in [6, 6.07) is 5.05. The predicted octanol–water partition coefficient (Wildman–Crippen LogP) is 4.22. The third-order valence-corrected chi connectivity index (χ3v) is 3.15. The van der Waals surface area contributed by atoms with Crippen molar-refractivity contribution >= 4 is 11.6 Å². The van der Waals surface area contributed by atoms with Gasteiger partial charge in [0.05, 0.1) is 0 Å². The quantitative estimate of drug-likeness (QED) is 0.494. The van der Waals surface area contributed by atoms with Crippen molar-refractivity contribution in [2.45, 2.75) is 58.8 Å². The first-order chi connectivity index (χ1) is 9.15. The summed E-state index contributed by atoms with van der Waals surface area (Å²) in [6.45, 7) is 3.65. The van der Waals surface area contributed by atoms with Crippen molar-refractivity contribution in [2.24, 2.45) is 0 Å². The molecule has 0 amide bonds. The van der Waals surface area contributed by atoms with Crippen LogP contribution in [-0.4, -0.2) is 16.6 Å². The van der Waals surface area contributed by atoms with Gasteiger partial charge in [0.2, 0.25) is 0 Å². The second-order valence-electron chi connectivity index (χ2n) is 4.91. The van der Waals surface area contributed by atoms with E-state index in [1.54, 1.807) is 18.2 Å². The van der Waals surface area contributed by atoms with Crippen LogP contribution in [0.1, 0.15) is 79.8 Å². The number of unbranched alkanes of at least 4 members (excludes halogenated alkanes) is 5. The van der Waals surface area contributed by atoms with Gasteiger partial charge in [-0.15, -0.1) is 0 Å². The highest BCUT2D eigenvalue weighted by molar-refractivity contribution is 5.97. The third kappa shape index (κ3) is 5.77. The number of rotatable bonds is 9. The minimum absolute atomic E-state index is 0.0404. The van der Waals surface area contributed by atoms with E-state index in [1.165, 1.54) is 32.6 Å². The Morgan fingerprint density at radius 2 is 1.63 bits per heavy atom. The lowest BCUT2D eigenvalue weighted by Gasteiger charge is -2.02. The molecule has 0 radical (unpaired) electrons. The first-order valence-corrected chi connectivity index (χ1v) is 7.16. The fourth-order valence-electron chi connectivity index (χ4n) is 1.98. The molecule has 0 atom stereocenters. The van der Waals surface area contributed by atoms with Gasteiger partial charge in [0.1, 0.15) is 11.4 Å². The fourth-order valence-corrected chi connectivity index (χ4v) is 1.98. The summed E-state index contributed by atoms with van der Waals surface area (Å²) < 4.78 is 0. The molecule has 0 aliphatic rings. The van der Waals surface area contributed by atoms with E-state index in [1.807, 2.05) is 0 Å². The van der Waals surface area contributed by atoms with Crippen LogP contribution in [0.15, 0.2) is 18.2 Å². The molecule has 0 unspecified atom stereocenters. The molecule has 1 aromatic rings. The molecule has 1 aromatic heterocycles. The van der Waals surface area contributed by atoms with E-state index in [4.69, 9.17) is 0 Å². The Morgan fingerprint density at radius 3 is 2.32 bits per heavy atom. The molecule has 3 nitrogen and oxygen atoms in total. The summed E-state index contributed by atoms with van der Waals surface area (Å²) >= 11 is 0. The highest BCUT2D eigenvalue weighted by Crippen LogP contribution is 2.10. The molecule has 0 N–H and O–H groups in total. The molecule has 0 fully saturated rings.